The van der Waals surface area contributed by atoms with Gasteiger partial charge in [0.05, 0.1) is 12.8 Å². The molecule has 0 spiro atoms. The van der Waals surface area contributed by atoms with Crippen LogP contribution in [0, 0.1) is 0 Å². The van der Waals surface area contributed by atoms with Crippen LogP contribution in [0.2, 0.25) is 0 Å². The summed E-state index contributed by atoms with van der Waals surface area (Å²) in [7, 11) is 0. The molecule has 0 N–H and O–H groups in total. The predicted molar refractivity (Wildman–Crippen MR) is 64.3 cm³/mol. The molecule has 0 saturated heterocycles. The minimum atomic E-state index is -0.403. The lowest BCUT2D eigenvalue weighted by atomic mass is 10.5. The van der Waals surface area contributed by atoms with Crippen molar-refractivity contribution in [1.82, 2.24) is 14.4 Å². The average Bonchev–Trinajstić information content (AvgIpc) is 2.61. The van der Waals surface area contributed by atoms with Crippen LogP contribution in [0.15, 0.2) is 21.6 Å². The van der Waals surface area contributed by atoms with E-state index >= 15 is 0 Å². The van der Waals surface area contributed by atoms with E-state index in [-0.39, 0.29) is 0 Å². The van der Waals surface area contributed by atoms with Gasteiger partial charge < -0.3 is 4.74 Å². The van der Waals surface area contributed by atoms with E-state index in [0.29, 0.717) is 27.2 Å². The molecule has 84 valence electrons. The van der Waals surface area contributed by atoms with E-state index in [2.05, 4.69) is 41.8 Å². The van der Waals surface area contributed by atoms with E-state index in [1.165, 1.54) is 6.20 Å². The fourth-order valence-electron chi connectivity index (χ4n) is 1.28. The maximum Gasteiger partial charge on any atom is 0.356 e. The van der Waals surface area contributed by atoms with Gasteiger partial charge in [0.1, 0.15) is 4.60 Å². The molecule has 2 rings (SSSR count). The molecule has 0 amide bonds. The van der Waals surface area contributed by atoms with E-state index in [9.17, 15) is 4.79 Å². The minimum absolute atomic E-state index is 0.333. The number of aromatic nitrogens is 3. The summed E-state index contributed by atoms with van der Waals surface area (Å²) in [4.78, 5) is 19.8. The van der Waals surface area contributed by atoms with Crippen molar-refractivity contribution in [2.24, 2.45) is 0 Å². The number of hydrogen-bond donors (Lipinski definition) is 0. The maximum atomic E-state index is 11.6. The molecule has 2 aromatic heterocycles. The Bertz CT molecular complexity index is 553. The van der Waals surface area contributed by atoms with E-state index < -0.39 is 5.97 Å². The largest absolute Gasteiger partial charge is 0.461 e. The second-order valence-electron chi connectivity index (χ2n) is 2.91. The lowest BCUT2D eigenvalue weighted by Gasteiger charge is -2.02. The van der Waals surface area contributed by atoms with Crippen LogP contribution < -0.4 is 0 Å². The Balaban J connectivity index is 2.60. The standard InChI is InChI=1S/C9H7Br2N3O2/c1-2-16-9(15)5-3-12-8-7(11)13-6(10)4-14(5)8/h3-4H,2H2,1H3. The summed E-state index contributed by atoms with van der Waals surface area (Å²) in [5.74, 6) is -0.403. The predicted octanol–water partition coefficient (Wildman–Crippen LogP) is 2.43. The monoisotopic (exact) mass is 347 g/mol. The van der Waals surface area contributed by atoms with Gasteiger partial charge in [-0.25, -0.2) is 14.8 Å². The smallest absolute Gasteiger partial charge is 0.356 e. The summed E-state index contributed by atoms with van der Waals surface area (Å²) < 4.78 is 7.72. The molecule has 0 fully saturated rings. The lowest BCUT2D eigenvalue weighted by molar-refractivity contribution is 0.0518. The minimum Gasteiger partial charge on any atom is -0.461 e. The molecule has 0 aliphatic heterocycles. The zero-order valence-electron chi connectivity index (χ0n) is 8.28. The number of ether oxygens (including phenoxy) is 1. The molecule has 7 heteroatoms. The first kappa shape index (κ1) is 11.5. The van der Waals surface area contributed by atoms with Crippen molar-refractivity contribution in [1.29, 1.82) is 0 Å². The van der Waals surface area contributed by atoms with Crippen LogP contribution >= 0.6 is 31.9 Å². The first-order chi connectivity index (χ1) is 7.63. The first-order valence-electron chi connectivity index (χ1n) is 4.49. The second-order valence-corrected chi connectivity index (χ2v) is 4.48. The van der Waals surface area contributed by atoms with Crippen LogP contribution in [0.3, 0.4) is 0 Å². The number of carbonyl (C=O) groups excluding carboxylic acids is 1. The number of nitrogens with zero attached hydrogens (tertiary/aromatic N) is 3. The topological polar surface area (TPSA) is 56.5 Å². The Kier molecular flexibility index (Phi) is 3.25. The second kappa shape index (κ2) is 4.50. The van der Waals surface area contributed by atoms with Gasteiger partial charge in [-0.2, -0.15) is 0 Å². The molecule has 0 aliphatic carbocycles. The van der Waals surface area contributed by atoms with E-state index in [1.807, 2.05) is 0 Å². The van der Waals surface area contributed by atoms with Gasteiger partial charge in [-0.15, -0.1) is 0 Å². The molecular weight excluding hydrogens is 342 g/mol. The van der Waals surface area contributed by atoms with E-state index in [4.69, 9.17) is 4.74 Å². The number of esters is 1. The molecule has 2 heterocycles. The van der Waals surface area contributed by atoms with Gasteiger partial charge in [0.2, 0.25) is 0 Å². The lowest BCUT2D eigenvalue weighted by Crippen LogP contribution is -2.08. The SMILES string of the molecule is CCOC(=O)c1cnc2c(Br)nc(Br)cn12. The third-order valence-corrected chi connectivity index (χ3v) is 2.82. The summed E-state index contributed by atoms with van der Waals surface area (Å²) in [6, 6.07) is 0. The summed E-state index contributed by atoms with van der Waals surface area (Å²) in [5.41, 5.74) is 0.951. The van der Waals surface area contributed by atoms with Crippen molar-refractivity contribution in [2.75, 3.05) is 6.61 Å². The van der Waals surface area contributed by atoms with Gasteiger partial charge >= 0.3 is 5.97 Å². The molecule has 0 bridgehead atoms. The Morgan fingerprint density at radius 1 is 1.56 bits per heavy atom. The highest BCUT2D eigenvalue weighted by Gasteiger charge is 2.15. The zero-order chi connectivity index (χ0) is 11.7. The fraction of sp³-hybridized carbons (Fsp3) is 0.222. The molecule has 2 aromatic rings. The van der Waals surface area contributed by atoms with Crippen molar-refractivity contribution < 1.29 is 9.53 Å². The molecule has 0 radical (unpaired) electrons. The van der Waals surface area contributed by atoms with Crippen molar-refractivity contribution in [3.05, 3.63) is 27.3 Å². The van der Waals surface area contributed by atoms with Gasteiger partial charge in [0, 0.05) is 6.20 Å². The van der Waals surface area contributed by atoms with Crippen molar-refractivity contribution in [3.63, 3.8) is 0 Å². The Morgan fingerprint density at radius 2 is 2.31 bits per heavy atom. The van der Waals surface area contributed by atoms with Crippen molar-refractivity contribution >= 4 is 43.5 Å². The first-order valence-corrected chi connectivity index (χ1v) is 6.08. The number of imidazole rings is 1. The molecule has 16 heavy (non-hydrogen) atoms. The summed E-state index contributed by atoms with van der Waals surface area (Å²) in [6.45, 7) is 2.09. The maximum absolute atomic E-state index is 11.6. The van der Waals surface area contributed by atoms with Crippen LogP contribution in [-0.4, -0.2) is 26.9 Å². The number of carbonyl (C=O) groups is 1. The molecule has 0 saturated carbocycles. The van der Waals surface area contributed by atoms with Crippen molar-refractivity contribution in [2.45, 2.75) is 6.92 Å². The van der Waals surface area contributed by atoms with Gasteiger partial charge in [-0.05, 0) is 38.8 Å². The van der Waals surface area contributed by atoms with Gasteiger partial charge in [-0.3, -0.25) is 4.40 Å². The van der Waals surface area contributed by atoms with Crippen LogP contribution in [0.1, 0.15) is 17.4 Å². The van der Waals surface area contributed by atoms with Gasteiger partial charge in [0.25, 0.3) is 0 Å². The molecule has 0 aromatic carbocycles. The van der Waals surface area contributed by atoms with Crippen LogP contribution in [0.4, 0.5) is 0 Å². The number of fused-ring (bicyclic) bond motifs is 1. The molecule has 5 nitrogen and oxygen atoms in total. The quantitative estimate of drug-likeness (QED) is 0.782. The van der Waals surface area contributed by atoms with Gasteiger partial charge in [0.15, 0.2) is 15.9 Å². The summed E-state index contributed by atoms with van der Waals surface area (Å²) >= 11 is 6.52. The van der Waals surface area contributed by atoms with Crippen LogP contribution in [-0.2, 0) is 4.74 Å². The average molecular weight is 349 g/mol. The highest BCUT2D eigenvalue weighted by molar-refractivity contribution is 9.11. The Hall–Kier alpha value is -0.950. The molecule has 0 unspecified atom stereocenters. The molecular formula is C9H7Br2N3O2. The number of halogens is 2. The van der Waals surface area contributed by atoms with E-state index in [0.717, 1.165) is 0 Å². The molecule has 0 atom stereocenters. The normalized spacial score (nSPS) is 10.7. The van der Waals surface area contributed by atoms with Crippen LogP contribution in [0.25, 0.3) is 5.65 Å². The molecule has 0 aliphatic rings. The highest BCUT2D eigenvalue weighted by Crippen LogP contribution is 2.19. The Labute approximate surface area is 108 Å². The van der Waals surface area contributed by atoms with Crippen molar-refractivity contribution in [3.8, 4) is 0 Å². The van der Waals surface area contributed by atoms with E-state index in [1.54, 1.807) is 17.5 Å². The Morgan fingerprint density at radius 3 is 3.00 bits per heavy atom. The van der Waals surface area contributed by atoms with Gasteiger partial charge in [-0.1, -0.05) is 0 Å². The zero-order valence-corrected chi connectivity index (χ0v) is 11.4. The number of hydrogen-bond acceptors (Lipinski definition) is 4. The third-order valence-electron chi connectivity index (χ3n) is 1.91. The fourth-order valence-corrected chi connectivity index (χ4v) is 2.38. The number of rotatable bonds is 2. The summed E-state index contributed by atoms with van der Waals surface area (Å²) in [5, 5.41) is 0. The van der Waals surface area contributed by atoms with Crippen LogP contribution in [0.5, 0.6) is 0 Å². The third kappa shape index (κ3) is 1.97. The highest BCUT2D eigenvalue weighted by atomic mass is 79.9. The summed E-state index contributed by atoms with van der Waals surface area (Å²) in [6.07, 6.45) is 3.13.